The van der Waals surface area contributed by atoms with Crippen LogP contribution in [0.5, 0.6) is 0 Å². The van der Waals surface area contributed by atoms with Gasteiger partial charge >= 0.3 is 0 Å². The summed E-state index contributed by atoms with van der Waals surface area (Å²) < 4.78 is 0. The second-order valence-electron chi connectivity index (χ2n) is 4.00. The smallest absolute Gasteiger partial charge is 0.223 e. The number of hydrogen-bond acceptors (Lipinski definition) is 6. The van der Waals surface area contributed by atoms with Gasteiger partial charge in [-0.1, -0.05) is 11.6 Å². The Morgan fingerprint density at radius 1 is 1.30 bits per heavy atom. The van der Waals surface area contributed by atoms with Gasteiger partial charge in [-0.15, -0.1) is 11.3 Å². The molecule has 3 aromatic rings. The highest BCUT2D eigenvalue weighted by atomic mass is 35.5. The van der Waals surface area contributed by atoms with E-state index in [-0.39, 0.29) is 5.95 Å². The molecule has 3 rings (SSSR count). The molecule has 2 heterocycles. The molecule has 0 unspecified atom stereocenters. The summed E-state index contributed by atoms with van der Waals surface area (Å²) in [6.07, 6.45) is 0. The fraction of sp³-hybridized carbons (Fsp3) is 0. The number of halogens is 1. The molecule has 0 atom stereocenters. The third-order valence-corrected chi connectivity index (χ3v) is 3.74. The molecule has 1 aromatic carbocycles. The summed E-state index contributed by atoms with van der Waals surface area (Å²) in [7, 11) is 0. The molecule has 20 heavy (non-hydrogen) atoms. The van der Waals surface area contributed by atoms with Crippen LogP contribution in [0.15, 0.2) is 29.6 Å². The van der Waals surface area contributed by atoms with E-state index in [1.54, 1.807) is 18.2 Å². The lowest BCUT2D eigenvalue weighted by molar-refractivity contribution is 1.24. The van der Waals surface area contributed by atoms with Gasteiger partial charge in [0.2, 0.25) is 5.95 Å². The Hall–Kier alpha value is -2.36. The topological polar surface area (TPSA) is 87.6 Å². The molecule has 0 aliphatic heterocycles. The molecule has 0 saturated heterocycles. The maximum absolute atomic E-state index is 9.13. The van der Waals surface area contributed by atoms with E-state index in [1.807, 2.05) is 11.4 Å². The van der Waals surface area contributed by atoms with Crippen molar-refractivity contribution in [3.8, 4) is 6.07 Å². The van der Waals surface area contributed by atoms with Crippen molar-refractivity contribution in [2.75, 3.05) is 11.1 Å². The van der Waals surface area contributed by atoms with Crippen LogP contribution in [-0.4, -0.2) is 9.97 Å². The van der Waals surface area contributed by atoms with Crippen molar-refractivity contribution < 1.29 is 0 Å². The van der Waals surface area contributed by atoms with E-state index in [9.17, 15) is 0 Å². The van der Waals surface area contributed by atoms with Gasteiger partial charge in [-0.05, 0) is 29.6 Å². The number of thiophene rings is 1. The molecule has 7 heteroatoms. The third-order valence-electron chi connectivity index (χ3n) is 2.70. The molecule has 0 aliphatic rings. The second-order valence-corrected chi connectivity index (χ2v) is 5.33. The van der Waals surface area contributed by atoms with Gasteiger partial charge in [-0.25, -0.2) is 4.98 Å². The molecule has 0 saturated carbocycles. The number of rotatable bonds is 2. The summed E-state index contributed by atoms with van der Waals surface area (Å²) in [5.74, 6) is 0.746. The number of nitrogens with zero attached hydrogens (tertiary/aromatic N) is 3. The van der Waals surface area contributed by atoms with Crippen LogP contribution in [-0.2, 0) is 0 Å². The Balaban J connectivity index is 2.12. The minimum absolute atomic E-state index is 0.183. The lowest BCUT2D eigenvalue weighted by Gasteiger charge is -2.09. The molecule has 0 fully saturated rings. The number of nitrogens with one attached hydrogen (secondary N) is 1. The molecule has 2 aromatic heterocycles. The van der Waals surface area contributed by atoms with Crippen LogP contribution in [0.3, 0.4) is 0 Å². The normalized spacial score (nSPS) is 10.4. The Morgan fingerprint density at radius 3 is 2.95 bits per heavy atom. The number of benzene rings is 1. The predicted molar refractivity (Wildman–Crippen MR) is 81.3 cm³/mol. The minimum Gasteiger partial charge on any atom is -0.368 e. The molecular weight excluding hydrogens is 294 g/mol. The standard InChI is InChI=1S/C13H8ClN5S/c14-8-2-1-7(6-15)10(5-8)17-11-9-3-4-20-12(9)19-13(16)18-11/h1-5H,(H3,16,17,18,19). The Labute approximate surface area is 123 Å². The number of fused-ring (bicyclic) bond motifs is 1. The first-order valence-electron chi connectivity index (χ1n) is 5.65. The quantitative estimate of drug-likeness (QED) is 0.756. The van der Waals surface area contributed by atoms with Crippen LogP contribution in [0.1, 0.15) is 5.56 Å². The molecule has 5 nitrogen and oxygen atoms in total. The van der Waals surface area contributed by atoms with E-state index in [4.69, 9.17) is 22.6 Å². The summed E-state index contributed by atoms with van der Waals surface area (Å²) >= 11 is 7.44. The number of nitriles is 1. The SMILES string of the molecule is N#Cc1ccc(Cl)cc1Nc1nc(N)nc2sccc12. The minimum atomic E-state index is 0.183. The largest absolute Gasteiger partial charge is 0.368 e. The highest BCUT2D eigenvalue weighted by Crippen LogP contribution is 2.30. The van der Waals surface area contributed by atoms with E-state index in [1.165, 1.54) is 11.3 Å². The summed E-state index contributed by atoms with van der Waals surface area (Å²) in [4.78, 5) is 9.13. The second kappa shape index (κ2) is 4.96. The predicted octanol–water partition coefficient (Wildman–Crippen LogP) is 3.54. The summed E-state index contributed by atoms with van der Waals surface area (Å²) in [6, 6.07) is 9.00. The van der Waals surface area contributed by atoms with Gasteiger partial charge in [0.15, 0.2) is 0 Å². The Morgan fingerprint density at radius 2 is 2.15 bits per heavy atom. The first-order chi connectivity index (χ1) is 9.67. The van der Waals surface area contributed by atoms with E-state index >= 15 is 0 Å². The zero-order chi connectivity index (χ0) is 14.1. The first kappa shape index (κ1) is 12.7. The van der Waals surface area contributed by atoms with Gasteiger partial charge in [0, 0.05) is 5.02 Å². The van der Waals surface area contributed by atoms with Crippen molar-refractivity contribution in [2.45, 2.75) is 0 Å². The van der Waals surface area contributed by atoms with Gasteiger partial charge < -0.3 is 11.1 Å². The molecule has 3 N–H and O–H groups in total. The number of nitrogen functional groups attached to an aromatic ring is 1. The monoisotopic (exact) mass is 301 g/mol. The van der Waals surface area contributed by atoms with Gasteiger partial charge in [-0.2, -0.15) is 10.2 Å². The van der Waals surface area contributed by atoms with Crippen molar-refractivity contribution in [3.63, 3.8) is 0 Å². The number of aromatic nitrogens is 2. The third kappa shape index (κ3) is 2.25. The molecule has 0 spiro atoms. The Bertz CT molecular complexity index is 836. The van der Waals surface area contributed by atoms with Crippen molar-refractivity contribution in [1.29, 1.82) is 5.26 Å². The van der Waals surface area contributed by atoms with Gasteiger partial charge in [-0.3, -0.25) is 0 Å². The number of hydrogen-bond donors (Lipinski definition) is 2. The molecule has 0 radical (unpaired) electrons. The summed E-state index contributed by atoms with van der Waals surface area (Å²) in [6.45, 7) is 0. The van der Waals surface area contributed by atoms with Crippen LogP contribution in [0.2, 0.25) is 5.02 Å². The highest BCUT2D eigenvalue weighted by molar-refractivity contribution is 7.16. The van der Waals surface area contributed by atoms with Crippen LogP contribution in [0, 0.1) is 11.3 Å². The lowest BCUT2D eigenvalue weighted by Crippen LogP contribution is -2.01. The summed E-state index contributed by atoms with van der Waals surface area (Å²) in [5, 5.41) is 15.5. The maximum atomic E-state index is 9.13. The van der Waals surface area contributed by atoms with Gasteiger partial charge in [0.25, 0.3) is 0 Å². The van der Waals surface area contributed by atoms with Crippen LogP contribution in [0.4, 0.5) is 17.5 Å². The van der Waals surface area contributed by atoms with Gasteiger partial charge in [0.05, 0.1) is 16.6 Å². The van der Waals surface area contributed by atoms with E-state index in [2.05, 4.69) is 21.4 Å². The Kier molecular flexibility index (Phi) is 3.14. The van der Waals surface area contributed by atoms with Crippen molar-refractivity contribution in [2.24, 2.45) is 0 Å². The van der Waals surface area contributed by atoms with Crippen LogP contribution < -0.4 is 11.1 Å². The molecule has 98 valence electrons. The zero-order valence-electron chi connectivity index (χ0n) is 10.1. The molecule has 0 aliphatic carbocycles. The average molecular weight is 302 g/mol. The number of anilines is 3. The van der Waals surface area contributed by atoms with Crippen LogP contribution in [0.25, 0.3) is 10.2 Å². The van der Waals surface area contributed by atoms with E-state index in [0.29, 0.717) is 22.1 Å². The average Bonchev–Trinajstić information content (AvgIpc) is 2.87. The highest BCUT2D eigenvalue weighted by Gasteiger charge is 2.10. The molecular formula is C13H8ClN5S. The first-order valence-corrected chi connectivity index (χ1v) is 6.90. The number of nitrogens with two attached hydrogens (primary N) is 1. The summed E-state index contributed by atoms with van der Waals surface area (Å²) in [5.41, 5.74) is 6.76. The maximum Gasteiger partial charge on any atom is 0.223 e. The van der Waals surface area contributed by atoms with Gasteiger partial charge in [0.1, 0.15) is 16.7 Å². The molecule has 0 amide bonds. The fourth-order valence-electron chi connectivity index (χ4n) is 1.81. The van der Waals surface area contributed by atoms with Crippen molar-refractivity contribution in [3.05, 3.63) is 40.2 Å². The van der Waals surface area contributed by atoms with E-state index < -0.39 is 0 Å². The van der Waals surface area contributed by atoms with Crippen molar-refractivity contribution in [1.82, 2.24) is 9.97 Å². The fourth-order valence-corrected chi connectivity index (χ4v) is 2.76. The van der Waals surface area contributed by atoms with E-state index in [0.717, 1.165) is 10.2 Å². The van der Waals surface area contributed by atoms with Crippen LogP contribution >= 0.6 is 22.9 Å². The zero-order valence-corrected chi connectivity index (χ0v) is 11.7. The molecule has 0 bridgehead atoms. The van der Waals surface area contributed by atoms with Crippen molar-refractivity contribution >= 4 is 50.6 Å². The lowest BCUT2D eigenvalue weighted by atomic mass is 10.2.